The average molecular weight is 425 g/mol. The molecule has 6 rings (SSSR count). The molecule has 1 aromatic rings. The molecule has 0 aliphatic heterocycles. The van der Waals surface area contributed by atoms with Crippen molar-refractivity contribution in [3.63, 3.8) is 0 Å². The van der Waals surface area contributed by atoms with Crippen molar-refractivity contribution in [2.75, 3.05) is 7.11 Å². The van der Waals surface area contributed by atoms with Gasteiger partial charge in [-0.05, 0) is 85.2 Å². The summed E-state index contributed by atoms with van der Waals surface area (Å²) in [6.45, 7) is 4.74. The lowest BCUT2D eigenvalue weighted by Gasteiger charge is -2.57. The molecule has 1 aromatic carbocycles. The highest BCUT2D eigenvalue weighted by atomic mass is 16.5. The summed E-state index contributed by atoms with van der Waals surface area (Å²) in [5, 5.41) is 22.5. The van der Waals surface area contributed by atoms with E-state index in [0.29, 0.717) is 24.0 Å². The van der Waals surface area contributed by atoms with Crippen molar-refractivity contribution in [3.05, 3.63) is 29.8 Å². The first kappa shape index (κ1) is 20.2. The van der Waals surface area contributed by atoms with E-state index >= 15 is 0 Å². The van der Waals surface area contributed by atoms with Crippen LogP contribution in [-0.4, -0.2) is 34.8 Å². The van der Waals surface area contributed by atoms with E-state index in [0.717, 1.165) is 24.8 Å². The number of phenols is 1. The summed E-state index contributed by atoms with van der Waals surface area (Å²) in [4.78, 5) is 13.2. The van der Waals surface area contributed by atoms with Crippen LogP contribution in [0.4, 0.5) is 0 Å². The highest BCUT2D eigenvalue weighted by molar-refractivity contribution is 5.88. The molecule has 5 saturated carbocycles. The minimum Gasteiger partial charge on any atom is -0.508 e. The summed E-state index contributed by atoms with van der Waals surface area (Å²) in [6, 6.07) is 7.74. The first-order valence-electron chi connectivity index (χ1n) is 12.3. The number of para-hydroxylation sites is 1. The van der Waals surface area contributed by atoms with Crippen LogP contribution in [0.25, 0.3) is 0 Å². The van der Waals surface area contributed by atoms with E-state index in [2.05, 4.69) is 19.9 Å². The fourth-order valence-electron chi connectivity index (χ4n) is 10.3. The van der Waals surface area contributed by atoms with Gasteiger partial charge in [-0.1, -0.05) is 32.0 Å². The van der Waals surface area contributed by atoms with Crippen LogP contribution in [0.2, 0.25) is 0 Å². The number of Topliss-reactive ketones (excluding diaryl/α,β-unsaturated/α-hetero) is 1. The lowest BCUT2D eigenvalue weighted by Crippen LogP contribution is -2.58. The Hall–Kier alpha value is -1.39. The van der Waals surface area contributed by atoms with Crippen molar-refractivity contribution in [3.8, 4) is 5.75 Å². The third-order valence-electron chi connectivity index (χ3n) is 11.5. The van der Waals surface area contributed by atoms with E-state index in [-0.39, 0.29) is 40.0 Å². The van der Waals surface area contributed by atoms with Gasteiger partial charge < -0.3 is 14.9 Å². The second kappa shape index (κ2) is 6.14. The number of methoxy groups -OCH3 is 1. The predicted octanol–water partition coefficient (Wildman–Crippen LogP) is 4.51. The zero-order valence-electron chi connectivity index (χ0n) is 19.1. The van der Waals surface area contributed by atoms with E-state index in [1.807, 2.05) is 12.1 Å². The van der Waals surface area contributed by atoms with E-state index in [1.165, 1.54) is 25.7 Å². The number of ketones is 1. The van der Waals surface area contributed by atoms with Gasteiger partial charge in [0.15, 0.2) is 0 Å². The van der Waals surface area contributed by atoms with Crippen molar-refractivity contribution in [1.29, 1.82) is 0 Å². The highest BCUT2D eigenvalue weighted by Gasteiger charge is 2.86. The van der Waals surface area contributed by atoms with Crippen molar-refractivity contribution >= 4 is 5.78 Å². The van der Waals surface area contributed by atoms with E-state index in [4.69, 9.17) is 4.74 Å². The molecule has 0 radical (unpaired) electrons. The van der Waals surface area contributed by atoms with E-state index in [1.54, 1.807) is 13.2 Å². The van der Waals surface area contributed by atoms with Gasteiger partial charge in [0.1, 0.15) is 17.1 Å². The van der Waals surface area contributed by atoms with Gasteiger partial charge in [-0.15, -0.1) is 0 Å². The first-order valence-corrected chi connectivity index (χ1v) is 12.3. The fraction of sp³-hybridized carbons (Fsp3) is 0.741. The number of fused-ring (bicyclic) bond motifs is 2. The minimum absolute atomic E-state index is 0.0390. The largest absolute Gasteiger partial charge is 0.508 e. The molecule has 0 heterocycles. The number of phenolic OH excluding ortho intramolecular Hbond substituents is 1. The van der Waals surface area contributed by atoms with Gasteiger partial charge in [-0.2, -0.15) is 0 Å². The number of carbonyl (C=O) groups excluding carboxylic acids is 1. The first-order chi connectivity index (χ1) is 14.7. The van der Waals surface area contributed by atoms with Crippen LogP contribution in [0.3, 0.4) is 0 Å². The third-order valence-corrected chi connectivity index (χ3v) is 11.5. The molecular formula is C27H36O4. The monoisotopic (exact) mass is 424 g/mol. The maximum atomic E-state index is 13.2. The molecule has 5 aliphatic carbocycles. The Balaban J connectivity index is 1.39. The van der Waals surface area contributed by atoms with Gasteiger partial charge in [0.25, 0.3) is 0 Å². The molecular weight excluding hydrogens is 388 g/mol. The molecule has 0 saturated heterocycles. The Morgan fingerprint density at radius 3 is 2.61 bits per heavy atom. The number of rotatable bonds is 3. The van der Waals surface area contributed by atoms with Crippen molar-refractivity contribution < 1.29 is 19.7 Å². The number of hydrogen-bond donors (Lipinski definition) is 2. The maximum absolute atomic E-state index is 13.2. The lowest BCUT2D eigenvalue weighted by molar-refractivity contribution is -0.186. The fourth-order valence-corrected chi connectivity index (χ4v) is 10.3. The predicted molar refractivity (Wildman–Crippen MR) is 117 cm³/mol. The summed E-state index contributed by atoms with van der Waals surface area (Å²) >= 11 is 0. The number of carbonyl (C=O) groups is 1. The normalized spacial score (nSPS) is 52.3. The molecule has 0 amide bonds. The summed E-state index contributed by atoms with van der Waals surface area (Å²) in [7, 11) is 1.66. The number of benzene rings is 1. The Kier molecular flexibility index (Phi) is 4.01. The van der Waals surface area contributed by atoms with Crippen LogP contribution in [0.5, 0.6) is 5.75 Å². The molecule has 9 atom stereocenters. The standard InChI is InChI=1S/C27H36O4/c1-24-15-18-9-11-26(10-8-16(14-26)12-17-6-4-5-7-19(17)28)25(24,2)22(18)23-20(29)13-21(31-3)27(23,24)30/h4-7,16,18,21-23,28,30H,8-15H2,1-3H3. The topological polar surface area (TPSA) is 66.8 Å². The number of aliphatic hydroxyl groups is 1. The van der Waals surface area contributed by atoms with Crippen molar-refractivity contribution in [2.24, 2.45) is 39.9 Å². The van der Waals surface area contributed by atoms with Crippen LogP contribution in [-0.2, 0) is 16.0 Å². The molecule has 4 bridgehead atoms. The van der Waals surface area contributed by atoms with E-state index < -0.39 is 5.60 Å². The molecule has 168 valence electrons. The summed E-state index contributed by atoms with van der Waals surface area (Å²) in [5.41, 5.74) is -0.126. The minimum atomic E-state index is -1.03. The molecule has 4 nitrogen and oxygen atoms in total. The Morgan fingerprint density at radius 1 is 1.13 bits per heavy atom. The highest BCUT2D eigenvalue weighted by Crippen LogP contribution is 2.85. The molecule has 2 N–H and O–H groups in total. The molecule has 5 fully saturated rings. The van der Waals surface area contributed by atoms with Crippen LogP contribution in [0.15, 0.2) is 24.3 Å². The molecule has 0 aromatic heterocycles. The molecule has 5 aliphatic rings. The summed E-state index contributed by atoms with van der Waals surface area (Å²) < 4.78 is 5.78. The summed E-state index contributed by atoms with van der Waals surface area (Å²) in [6.07, 6.45) is 7.85. The number of hydrogen-bond acceptors (Lipinski definition) is 4. The second-order valence-corrected chi connectivity index (χ2v) is 12.0. The number of aromatic hydroxyl groups is 1. The molecule has 4 heteroatoms. The second-order valence-electron chi connectivity index (χ2n) is 12.0. The molecule has 9 unspecified atom stereocenters. The van der Waals surface area contributed by atoms with Crippen LogP contribution < -0.4 is 0 Å². The van der Waals surface area contributed by atoms with E-state index in [9.17, 15) is 15.0 Å². The summed E-state index contributed by atoms with van der Waals surface area (Å²) in [5.74, 6) is 1.79. The van der Waals surface area contributed by atoms with Crippen LogP contribution in [0.1, 0.15) is 64.4 Å². The molecule has 31 heavy (non-hydrogen) atoms. The van der Waals surface area contributed by atoms with Gasteiger partial charge in [0, 0.05) is 18.9 Å². The van der Waals surface area contributed by atoms with Crippen LogP contribution >= 0.6 is 0 Å². The third kappa shape index (κ3) is 2.08. The Bertz CT molecular complexity index is 943. The number of ether oxygens (including phenoxy) is 1. The quantitative estimate of drug-likeness (QED) is 0.749. The van der Waals surface area contributed by atoms with Crippen LogP contribution in [0, 0.1) is 39.9 Å². The van der Waals surface area contributed by atoms with Gasteiger partial charge >= 0.3 is 0 Å². The SMILES string of the molecule is COC1CC(=O)C2C3C4CCC5(CCC(Cc6ccccc6O)C5)C3(C)C(C)(C4)C12O. The van der Waals surface area contributed by atoms with Gasteiger partial charge in [0.2, 0.25) is 0 Å². The van der Waals surface area contributed by atoms with Crippen molar-refractivity contribution in [1.82, 2.24) is 0 Å². The maximum Gasteiger partial charge on any atom is 0.141 e. The Morgan fingerprint density at radius 2 is 1.87 bits per heavy atom. The van der Waals surface area contributed by atoms with Gasteiger partial charge in [0.05, 0.1) is 12.0 Å². The molecule has 1 spiro atoms. The Labute approximate surface area is 185 Å². The zero-order chi connectivity index (χ0) is 21.8. The van der Waals surface area contributed by atoms with Crippen molar-refractivity contribution in [2.45, 2.75) is 76.9 Å². The average Bonchev–Trinajstić information content (AvgIpc) is 3.36. The lowest BCUT2D eigenvalue weighted by atomic mass is 9.48. The van der Waals surface area contributed by atoms with Gasteiger partial charge in [-0.25, -0.2) is 0 Å². The van der Waals surface area contributed by atoms with Gasteiger partial charge in [-0.3, -0.25) is 4.79 Å². The zero-order valence-corrected chi connectivity index (χ0v) is 19.1. The smallest absolute Gasteiger partial charge is 0.141 e.